The molecule has 1 atom stereocenters. The minimum atomic E-state index is -4.16. The molecule has 0 aliphatic heterocycles. The minimum absolute atomic E-state index is 0.0183. The predicted molar refractivity (Wildman–Crippen MR) is 155 cm³/mol. The van der Waals surface area contributed by atoms with Crippen LogP contribution >= 0.6 is 0 Å². The van der Waals surface area contributed by atoms with E-state index in [1.807, 2.05) is 37.3 Å². The van der Waals surface area contributed by atoms with Crippen molar-refractivity contribution in [3.05, 3.63) is 88.0 Å². The number of hydrogen-bond donors (Lipinski definition) is 4. The molecule has 10 nitrogen and oxygen atoms in total. The number of sulfonamides is 1. The van der Waals surface area contributed by atoms with Gasteiger partial charge in [0, 0.05) is 6.54 Å². The Morgan fingerprint density at radius 3 is 2.39 bits per heavy atom. The van der Waals surface area contributed by atoms with Crippen molar-refractivity contribution in [2.24, 2.45) is 5.73 Å². The van der Waals surface area contributed by atoms with Gasteiger partial charge in [-0.3, -0.25) is 5.41 Å². The van der Waals surface area contributed by atoms with E-state index in [0.717, 1.165) is 38.5 Å². The number of aliphatic carboxylic acids is 1. The maximum absolute atomic E-state index is 13.4. The zero-order chi connectivity index (χ0) is 29.9. The summed E-state index contributed by atoms with van der Waals surface area (Å²) in [5.41, 5.74) is 12.9. The van der Waals surface area contributed by atoms with Crippen LogP contribution in [-0.2, 0) is 32.6 Å². The van der Waals surface area contributed by atoms with Gasteiger partial charge in [0.2, 0.25) is 5.96 Å². The number of carbonyl (C=O) groups is 2. The van der Waals surface area contributed by atoms with Crippen molar-refractivity contribution in [1.82, 2.24) is 9.62 Å². The first-order chi connectivity index (χ1) is 19.4. The van der Waals surface area contributed by atoms with E-state index in [9.17, 15) is 23.1 Å². The van der Waals surface area contributed by atoms with Gasteiger partial charge in [0.25, 0.3) is 10.0 Å². The van der Waals surface area contributed by atoms with Gasteiger partial charge in [0.15, 0.2) is 0 Å². The summed E-state index contributed by atoms with van der Waals surface area (Å²) < 4.78 is 32.9. The Balaban J connectivity index is 1.37. The lowest BCUT2D eigenvalue weighted by Gasteiger charge is -2.25. The van der Waals surface area contributed by atoms with E-state index >= 15 is 0 Å². The molecule has 11 heteroatoms. The molecule has 0 saturated heterocycles. The smallest absolute Gasteiger partial charge is 0.408 e. The molecule has 4 rings (SSSR count). The van der Waals surface area contributed by atoms with E-state index in [-0.39, 0.29) is 30.9 Å². The Morgan fingerprint density at radius 1 is 1.07 bits per heavy atom. The fourth-order valence-corrected chi connectivity index (χ4v) is 7.22. The van der Waals surface area contributed by atoms with E-state index < -0.39 is 34.1 Å². The highest BCUT2D eigenvalue weighted by atomic mass is 32.2. The van der Waals surface area contributed by atoms with E-state index in [1.54, 1.807) is 26.0 Å². The summed E-state index contributed by atoms with van der Waals surface area (Å²) in [5.74, 6) is -1.97. The first-order valence-electron chi connectivity index (χ1n) is 13.2. The van der Waals surface area contributed by atoms with Gasteiger partial charge in [-0.1, -0.05) is 60.2 Å². The molecule has 0 unspecified atom stereocenters. The Kier molecular flexibility index (Phi) is 8.67. The molecule has 0 aromatic heterocycles. The van der Waals surface area contributed by atoms with Crippen LogP contribution in [-0.4, -0.2) is 48.4 Å². The van der Waals surface area contributed by atoms with Crippen LogP contribution in [0.2, 0.25) is 0 Å². The van der Waals surface area contributed by atoms with Gasteiger partial charge in [0.1, 0.15) is 12.6 Å². The highest BCUT2D eigenvalue weighted by Crippen LogP contribution is 2.38. The fourth-order valence-electron chi connectivity index (χ4n) is 5.44. The van der Waals surface area contributed by atoms with Crippen molar-refractivity contribution in [3.8, 4) is 11.1 Å². The number of rotatable bonds is 10. The minimum Gasteiger partial charge on any atom is -0.480 e. The average Bonchev–Trinajstić information content (AvgIpc) is 3.27. The van der Waals surface area contributed by atoms with E-state index in [4.69, 9.17) is 15.9 Å². The number of nitrogens with one attached hydrogen (secondary N) is 2. The van der Waals surface area contributed by atoms with Crippen molar-refractivity contribution in [2.45, 2.75) is 57.6 Å². The van der Waals surface area contributed by atoms with Crippen molar-refractivity contribution in [2.75, 3.05) is 6.54 Å². The van der Waals surface area contributed by atoms with Crippen LogP contribution in [0.15, 0.2) is 59.5 Å². The first-order valence-corrected chi connectivity index (χ1v) is 14.6. The summed E-state index contributed by atoms with van der Waals surface area (Å²) in [6.45, 7) is 4.94. The Hall–Kier alpha value is -4.38. The van der Waals surface area contributed by atoms with Crippen molar-refractivity contribution in [1.29, 1.82) is 5.41 Å². The van der Waals surface area contributed by atoms with Gasteiger partial charge in [-0.15, -0.1) is 0 Å². The molecular formula is C30H34N4O6S. The first kappa shape index (κ1) is 29.6. The maximum Gasteiger partial charge on any atom is 0.408 e. The number of carboxylic acid groups (broad SMARTS) is 1. The Bertz CT molecular complexity index is 1600. The second-order valence-electron chi connectivity index (χ2n) is 10.2. The van der Waals surface area contributed by atoms with Crippen molar-refractivity contribution < 1.29 is 27.9 Å². The predicted octanol–water partition coefficient (Wildman–Crippen LogP) is 4.23. The summed E-state index contributed by atoms with van der Waals surface area (Å²) in [7, 11) is -4.16. The number of aryl methyl sites for hydroxylation is 3. The normalized spacial score (nSPS) is 12.7. The number of nitrogens with zero attached hydrogens (tertiary/aromatic N) is 1. The molecule has 3 aromatic carbocycles. The highest BCUT2D eigenvalue weighted by Gasteiger charge is 2.30. The Labute approximate surface area is 239 Å². The maximum atomic E-state index is 13.4. The summed E-state index contributed by atoms with van der Waals surface area (Å²) in [6.07, 6.45) is -0.259. The number of amides is 1. The third-order valence-corrected chi connectivity index (χ3v) is 9.29. The molecule has 0 radical (unpaired) electrons. The second-order valence-corrected chi connectivity index (χ2v) is 12.0. The fraction of sp³-hybridized carbons (Fsp3) is 0.300. The second kappa shape index (κ2) is 12.0. The molecule has 0 saturated carbocycles. The average molecular weight is 579 g/mol. The molecule has 0 heterocycles. The SMILES string of the molecule is Cc1cc(C)c(S(=O)(=O)N(CCC[C@H](NC(=O)OCc2cccc3c2Cc2ccccc2-3)C(=O)O)C(=N)N)c(C)c1. The third kappa shape index (κ3) is 6.35. The molecule has 1 aliphatic carbocycles. The number of nitrogens with two attached hydrogens (primary N) is 1. The van der Waals surface area contributed by atoms with Crippen LogP contribution in [0.25, 0.3) is 11.1 Å². The molecule has 41 heavy (non-hydrogen) atoms. The van der Waals surface area contributed by atoms with E-state index in [0.29, 0.717) is 11.1 Å². The number of alkyl carbamates (subject to hydrolysis) is 1. The Morgan fingerprint density at radius 2 is 1.73 bits per heavy atom. The van der Waals surface area contributed by atoms with Gasteiger partial charge in [-0.2, -0.15) is 0 Å². The number of carboxylic acids is 1. The van der Waals surface area contributed by atoms with Crippen LogP contribution in [0.5, 0.6) is 0 Å². The zero-order valence-corrected chi connectivity index (χ0v) is 24.0. The third-order valence-electron chi connectivity index (χ3n) is 7.17. The van der Waals surface area contributed by atoms with E-state index in [2.05, 4.69) is 17.4 Å². The number of fused-ring (bicyclic) bond motifs is 3. The standard InChI is InChI=1S/C30H34N4O6S/c1-18-14-19(2)27(20(3)15-18)41(38,39)34(29(31)32)13-7-12-26(28(35)36)33-30(37)40-17-22-9-6-11-24-23-10-5-4-8-21(23)16-25(22)24/h4-6,8-11,14-15,26H,7,12-13,16-17H2,1-3H3,(H3,31,32)(H,33,37)(H,35,36)/t26-/m0/s1. The molecule has 1 amide bonds. The van der Waals surface area contributed by atoms with Crippen LogP contribution in [0.4, 0.5) is 4.79 Å². The van der Waals surface area contributed by atoms with Gasteiger partial charge in [0.05, 0.1) is 4.90 Å². The number of benzene rings is 3. The summed E-state index contributed by atoms with van der Waals surface area (Å²) >= 11 is 0. The lowest BCUT2D eigenvalue weighted by molar-refractivity contribution is -0.139. The summed E-state index contributed by atoms with van der Waals surface area (Å²) in [5, 5.41) is 19.9. The molecular weight excluding hydrogens is 544 g/mol. The molecule has 1 aliphatic rings. The lowest BCUT2D eigenvalue weighted by Crippen LogP contribution is -2.44. The number of ether oxygens (including phenoxy) is 1. The number of carbonyl (C=O) groups excluding carboxylic acids is 1. The molecule has 0 bridgehead atoms. The quantitative estimate of drug-likeness (QED) is 0.162. The van der Waals surface area contributed by atoms with Crippen molar-refractivity contribution in [3.63, 3.8) is 0 Å². The van der Waals surface area contributed by atoms with Gasteiger partial charge < -0.3 is 20.9 Å². The van der Waals surface area contributed by atoms with Gasteiger partial charge >= 0.3 is 12.1 Å². The molecule has 5 N–H and O–H groups in total. The van der Waals surface area contributed by atoms with Crippen LogP contribution in [0.3, 0.4) is 0 Å². The van der Waals surface area contributed by atoms with Crippen molar-refractivity contribution >= 4 is 28.0 Å². The molecule has 0 spiro atoms. The molecule has 216 valence electrons. The van der Waals surface area contributed by atoms with Gasteiger partial charge in [-0.05, 0) is 79.0 Å². The largest absolute Gasteiger partial charge is 0.480 e. The van der Waals surface area contributed by atoms with Crippen LogP contribution in [0.1, 0.15) is 46.2 Å². The topological polar surface area (TPSA) is 163 Å². The number of hydrogen-bond acceptors (Lipinski definition) is 6. The van der Waals surface area contributed by atoms with Crippen LogP contribution in [0, 0.1) is 26.2 Å². The monoisotopic (exact) mass is 578 g/mol. The van der Waals surface area contributed by atoms with Crippen LogP contribution < -0.4 is 11.1 Å². The highest BCUT2D eigenvalue weighted by molar-refractivity contribution is 7.89. The summed E-state index contributed by atoms with van der Waals surface area (Å²) in [6, 6.07) is 16.0. The zero-order valence-electron chi connectivity index (χ0n) is 23.2. The van der Waals surface area contributed by atoms with E-state index in [1.165, 1.54) is 5.56 Å². The molecule has 3 aromatic rings. The molecule has 0 fully saturated rings. The lowest BCUT2D eigenvalue weighted by atomic mass is 10.0. The number of guanidine groups is 1. The van der Waals surface area contributed by atoms with Gasteiger partial charge in [-0.25, -0.2) is 22.3 Å². The summed E-state index contributed by atoms with van der Waals surface area (Å²) in [4.78, 5) is 24.5.